The molecule has 0 unspecified atom stereocenters. The van der Waals surface area contributed by atoms with Gasteiger partial charge in [0.25, 0.3) is 0 Å². The van der Waals surface area contributed by atoms with Crippen LogP contribution in [0.3, 0.4) is 0 Å². The standard InChI is InChI=1S/C11H16.C9H15N/c1-11(2,3)9-10-7-5-4-6-8-10;1-9(2,3)8-10-6-4-5-7-10/h4-8H,9H2,1-3H3;4-7H,8H2,1-3H3. The molecule has 0 spiro atoms. The Bertz CT molecular complexity index is 481. The van der Waals surface area contributed by atoms with Gasteiger partial charge in [0.1, 0.15) is 0 Å². The predicted octanol–water partition coefficient (Wildman–Crippen LogP) is 5.81. The van der Waals surface area contributed by atoms with Crippen molar-refractivity contribution in [1.29, 1.82) is 0 Å². The first kappa shape index (κ1) is 17.6. The number of hydrogen-bond donors (Lipinski definition) is 0. The fraction of sp³-hybridized carbons (Fsp3) is 0.500. The van der Waals surface area contributed by atoms with Crippen molar-refractivity contribution >= 4 is 0 Å². The van der Waals surface area contributed by atoms with E-state index in [0.29, 0.717) is 10.8 Å². The van der Waals surface area contributed by atoms with E-state index in [-0.39, 0.29) is 0 Å². The van der Waals surface area contributed by atoms with Gasteiger partial charge in [-0.3, -0.25) is 0 Å². The first-order chi connectivity index (χ1) is 9.66. The van der Waals surface area contributed by atoms with Crippen molar-refractivity contribution in [2.45, 2.75) is 54.5 Å². The summed E-state index contributed by atoms with van der Waals surface area (Å²) in [5.41, 5.74) is 2.22. The predicted molar refractivity (Wildman–Crippen MR) is 93.5 cm³/mol. The number of aromatic nitrogens is 1. The van der Waals surface area contributed by atoms with Crippen LogP contribution in [0.5, 0.6) is 0 Å². The van der Waals surface area contributed by atoms with E-state index in [1.54, 1.807) is 0 Å². The van der Waals surface area contributed by atoms with Gasteiger partial charge in [0.05, 0.1) is 0 Å². The molecule has 0 radical (unpaired) electrons. The second-order valence-electron chi connectivity index (χ2n) is 8.14. The minimum Gasteiger partial charge on any atom is -0.354 e. The molecule has 21 heavy (non-hydrogen) atoms. The smallest absolute Gasteiger partial charge is 0.0268 e. The van der Waals surface area contributed by atoms with E-state index in [2.05, 4.69) is 101 Å². The van der Waals surface area contributed by atoms with Crippen molar-refractivity contribution < 1.29 is 0 Å². The number of benzene rings is 1. The first-order valence-electron chi connectivity index (χ1n) is 7.80. The summed E-state index contributed by atoms with van der Waals surface area (Å²) in [7, 11) is 0. The molecule has 1 aromatic carbocycles. The molecule has 0 aliphatic rings. The van der Waals surface area contributed by atoms with Crippen LogP contribution < -0.4 is 0 Å². The Morgan fingerprint density at radius 2 is 1.24 bits per heavy atom. The highest BCUT2D eigenvalue weighted by atomic mass is 14.9. The van der Waals surface area contributed by atoms with Crippen LogP contribution in [0.4, 0.5) is 0 Å². The quantitative estimate of drug-likeness (QED) is 0.656. The van der Waals surface area contributed by atoms with Gasteiger partial charge in [-0.05, 0) is 34.9 Å². The van der Waals surface area contributed by atoms with Crippen LogP contribution in [0, 0.1) is 10.8 Å². The molecule has 0 N–H and O–H groups in total. The molecule has 1 heterocycles. The molecule has 0 saturated heterocycles. The Labute approximate surface area is 131 Å². The molecule has 1 nitrogen and oxygen atoms in total. The number of hydrogen-bond acceptors (Lipinski definition) is 0. The molecule has 0 bridgehead atoms. The Kier molecular flexibility index (Phi) is 6.26. The van der Waals surface area contributed by atoms with E-state index >= 15 is 0 Å². The van der Waals surface area contributed by atoms with E-state index in [0.717, 1.165) is 13.0 Å². The van der Waals surface area contributed by atoms with Crippen molar-refractivity contribution in [2.24, 2.45) is 10.8 Å². The molecular formula is C20H31N. The Morgan fingerprint density at radius 3 is 1.67 bits per heavy atom. The summed E-state index contributed by atoms with van der Waals surface area (Å²) in [6, 6.07) is 14.8. The van der Waals surface area contributed by atoms with Gasteiger partial charge in [-0.1, -0.05) is 71.9 Å². The molecule has 2 rings (SSSR count). The third kappa shape index (κ3) is 9.12. The maximum absolute atomic E-state index is 2.26. The van der Waals surface area contributed by atoms with Gasteiger partial charge in [-0.15, -0.1) is 0 Å². The Hall–Kier alpha value is -1.50. The fourth-order valence-electron chi connectivity index (χ4n) is 2.23. The maximum atomic E-state index is 2.26. The number of nitrogens with zero attached hydrogens (tertiary/aromatic N) is 1. The largest absolute Gasteiger partial charge is 0.354 e. The molecule has 0 atom stereocenters. The molecule has 0 amide bonds. The summed E-state index contributed by atoms with van der Waals surface area (Å²) in [6.07, 6.45) is 5.37. The Balaban J connectivity index is 0.000000211. The average Bonchev–Trinajstić information content (AvgIpc) is 2.79. The van der Waals surface area contributed by atoms with E-state index < -0.39 is 0 Å². The van der Waals surface area contributed by atoms with Gasteiger partial charge in [0, 0.05) is 18.9 Å². The van der Waals surface area contributed by atoms with E-state index in [1.165, 1.54) is 5.56 Å². The average molecular weight is 285 g/mol. The van der Waals surface area contributed by atoms with Crippen molar-refractivity contribution in [3.63, 3.8) is 0 Å². The third-order valence-corrected chi connectivity index (χ3v) is 2.90. The zero-order valence-corrected chi connectivity index (χ0v) is 14.6. The monoisotopic (exact) mass is 285 g/mol. The van der Waals surface area contributed by atoms with Crippen LogP contribution in [0.1, 0.15) is 47.1 Å². The van der Waals surface area contributed by atoms with Crippen molar-refractivity contribution in [1.82, 2.24) is 4.57 Å². The summed E-state index contributed by atoms with van der Waals surface area (Å²) in [6.45, 7) is 14.6. The van der Waals surface area contributed by atoms with Crippen LogP contribution >= 0.6 is 0 Å². The molecule has 0 aliphatic carbocycles. The normalized spacial score (nSPS) is 11.7. The summed E-state index contributed by atoms with van der Waals surface area (Å²) >= 11 is 0. The highest BCUT2D eigenvalue weighted by molar-refractivity contribution is 5.15. The summed E-state index contributed by atoms with van der Waals surface area (Å²) in [4.78, 5) is 0. The molecule has 0 saturated carbocycles. The zero-order valence-electron chi connectivity index (χ0n) is 14.6. The minimum absolute atomic E-state index is 0.388. The van der Waals surface area contributed by atoms with Crippen LogP contribution in [0.25, 0.3) is 0 Å². The molecule has 116 valence electrons. The maximum Gasteiger partial charge on any atom is 0.0268 e. The molecule has 2 aromatic rings. The lowest BCUT2D eigenvalue weighted by molar-refractivity contribution is 0.344. The highest BCUT2D eigenvalue weighted by Crippen LogP contribution is 2.19. The van der Waals surface area contributed by atoms with Gasteiger partial charge < -0.3 is 4.57 Å². The van der Waals surface area contributed by atoms with Crippen LogP contribution in [0.15, 0.2) is 54.9 Å². The molecule has 1 aromatic heterocycles. The molecular weight excluding hydrogens is 254 g/mol. The lowest BCUT2D eigenvalue weighted by Crippen LogP contribution is -2.13. The minimum atomic E-state index is 0.388. The second-order valence-corrected chi connectivity index (χ2v) is 8.14. The lowest BCUT2D eigenvalue weighted by Gasteiger charge is -2.18. The van der Waals surface area contributed by atoms with Crippen molar-refractivity contribution in [2.75, 3.05) is 0 Å². The van der Waals surface area contributed by atoms with Gasteiger partial charge in [0.2, 0.25) is 0 Å². The van der Waals surface area contributed by atoms with Crippen LogP contribution in [0.2, 0.25) is 0 Å². The van der Waals surface area contributed by atoms with E-state index in [4.69, 9.17) is 0 Å². The summed E-state index contributed by atoms with van der Waals surface area (Å²) < 4.78 is 2.21. The van der Waals surface area contributed by atoms with Gasteiger partial charge in [-0.25, -0.2) is 0 Å². The van der Waals surface area contributed by atoms with E-state index in [1.807, 2.05) is 0 Å². The molecule has 0 aliphatic heterocycles. The van der Waals surface area contributed by atoms with Crippen LogP contribution in [-0.2, 0) is 13.0 Å². The summed E-state index contributed by atoms with van der Waals surface area (Å²) in [5.74, 6) is 0. The summed E-state index contributed by atoms with van der Waals surface area (Å²) in [5, 5.41) is 0. The topological polar surface area (TPSA) is 4.93 Å². The van der Waals surface area contributed by atoms with Crippen molar-refractivity contribution in [3.8, 4) is 0 Å². The van der Waals surface area contributed by atoms with Crippen molar-refractivity contribution in [3.05, 3.63) is 60.4 Å². The van der Waals surface area contributed by atoms with Gasteiger partial charge in [-0.2, -0.15) is 0 Å². The fourth-order valence-corrected chi connectivity index (χ4v) is 2.23. The zero-order chi connectivity index (χ0) is 15.9. The molecule has 1 heteroatoms. The number of rotatable bonds is 2. The highest BCUT2D eigenvalue weighted by Gasteiger charge is 2.10. The first-order valence-corrected chi connectivity index (χ1v) is 7.80. The molecule has 0 fully saturated rings. The SMILES string of the molecule is CC(C)(C)Cc1ccccc1.CC(C)(C)Cn1cccc1. The lowest BCUT2D eigenvalue weighted by atomic mass is 9.88. The van der Waals surface area contributed by atoms with E-state index in [9.17, 15) is 0 Å². The third-order valence-electron chi connectivity index (χ3n) is 2.90. The van der Waals surface area contributed by atoms with Gasteiger partial charge in [0.15, 0.2) is 0 Å². The Morgan fingerprint density at radius 1 is 0.714 bits per heavy atom. The van der Waals surface area contributed by atoms with Crippen LogP contribution in [-0.4, -0.2) is 4.57 Å². The van der Waals surface area contributed by atoms with Gasteiger partial charge >= 0.3 is 0 Å². The second kappa shape index (κ2) is 7.49.